The first kappa shape index (κ1) is 14.0. The number of rotatable bonds is 3. The van der Waals surface area contributed by atoms with Crippen molar-refractivity contribution in [2.75, 3.05) is 5.73 Å². The molecule has 0 radical (unpaired) electrons. The van der Waals surface area contributed by atoms with Crippen molar-refractivity contribution in [3.05, 3.63) is 48.3 Å². The van der Waals surface area contributed by atoms with Gasteiger partial charge in [0.2, 0.25) is 0 Å². The van der Waals surface area contributed by atoms with E-state index in [2.05, 4.69) is 4.74 Å². The van der Waals surface area contributed by atoms with Crippen LogP contribution in [0.1, 0.15) is 0 Å². The Hall–Kier alpha value is -2.44. The topological polar surface area (TPSA) is 44.5 Å². The number of ether oxygens (including phenoxy) is 2. The van der Waals surface area contributed by atoms with Gasteiger partial charge in [0.25, 0.3) is 0 Å². The molecule has 7 heteroatoms. The number of nitrogen functional groups attached to an aromatic ring is 1. The van der Waals surface area contributed by atoms with Gasteiger partial charge >= 0.3 is 6.36 Å². The Balaban J connectivity index is 2.29. The zero-order chi connectivity index (χ0) is 14.8. The molecule has 0 bridgehead atoms. The van der Waals surface area contributed by atoms with Gasteiger partial charge in [0.15, 0.2) is 17.2 Å². The molecule has 0 spiro atoms. The van der Waals surface area contributed by atoms with Crippen LogP contribution < -0.4 is 15.2 Å². The number of nitrogens with two attached hydrogens (primary N) is 1. The standard InChI is InChI=1S/C13H9F4NO2/c14-8-5-6-10(9(18)7-8)19-11-3-1-2-4-12(11)20-13(15,16)17/h1-7H,18H2. The van der Waals surface area contributed by atoms with Crippen molar-refractivity contribution in [1.82, 2.24) is 0 Å². The number of halogens is 4. The Bertz CT molecular complexity index is 614. The van der Waals surface area contributed by atoms with E-state index >= 15 is 0 Å². The van der Waals surface area contributed by atoms with Gasteiger partial charge in [-0.05, 0) is 24.3 Å². The molecule has 2 aromatic carbocycles. The van der Waals surface area contributed by atoms with E-state index in [1.54, 1.807) is 0 Å². The molecule has 106 valence electrons. The molecule has 0 saturated heterocycles. The molecule has 0 amide bonds. The zero-order valence-electron chi connectivity index (χ0n) is 9.95. The zero-order valence-corrected chi connectivity index (χ0v) is 9.95. The van der Waals surface area contributed by atoms with Crippen molar-refractivity contribution in [2.24, 2.45) is 0 Å². The lowest BCUT2D eigenvalue weighted by Gasteiger charge is -2.14. The van der Waals surface area contributed by atoms with Crippen molar-refractivity contribution in [1.29, 1.82) is 0 Å². The summed E-state index contributed by atoms with van der Waals surface area (Å²) in [5.41, 5.74) is 5.48. The third-order valence-electron chi connectivity index (χ3n) is 2.27. The lowest BCUT2D eigenvalue weighted by molar-refractivity contribution is -0.275. The molecule has 0 fully saturated rings. The molecule has 0 atom stereocenters. The van der Waals surface area contributed by atoms with Crippen molar-refractivity contribution in [3.8, 4) is 17.2 Å². The highest BCUT2D eigenvalue weighted by molar-refractivity contribution is 5.55. The van der Waals surface area contributed by atoms with Gasteiger partial charge in [-0.25, -0.2) is 4.39 Å². The quantitative estimate of drug-likeness (QED) is 0.682. The van der Waals surface area contributed by atoms with Gasteiger partial charge in [-0.15, -0.1) is 13.2 Å². The summed E-state index contributed by atoms with van der Waals surface area (Å²) >= 11 is 0. The molecule has 0 heterocycles. The molecule has 0 aliphatic heterocycles. The smallest absolute Gasteiger partial charge is 0.451 e. The second-order valence-electron chi connectivity index (χ2n) is 3.78. The molecule has 0 saturated carbocycles. The van der Waals surface area contributed by atoms with Gasteiger partial charge in [-0.1, -0.05) is 12.1 Å². The van der Waals surface area contributed by atoms with Crippen LogP contribution in [-0.2, 0) is 0 Å². The van der Waals surface area contributed by atoms with E-state index in [1.165, 1.54) is 24.3 Å². The van der Waals surface area contributed by atoms with E-state index < -0.39 is 17.9 Å². The van der Waals surface area contributed by atoms with E-state index in [1.807, 2.05) is 0 Å². The number of alkyl halides is 3. The monoisotopic (exact) mass is 287 g/mol. The minimum atomic E-state index is -4.84. The minimum absolute atomic E-state index is 0.0321. The summed E-state index contributed by atoms with van der Waals surface area (Å²) in [4.78, 5) is 0. The van der Waals surface area contributed by atoms with Crippen LogP contribution in [0.2, 0.25) is 0 Å². The Morgan fingerprint density at radius 3 is 2.15 bits per heavy atom. The Morgan fingerprint density at radius 2 is 1.55 bits per heavy atom. The number of para-hydroxylation sites is 2. The first-order chi connectivity index (χ1) is 9.35. The number of anilines is 1. The van der Waals surface area contributed by atoms with Crippen molar-refractivity contribution in [2.45, 2.75) is 6.36 Å². The van der Waals surface area contributed by atoms with Crippen LogP contribution in [0.15, 0.2) is 42.5 Å². The highest BCUT2D eigenvalue weighted by atomic mass is 19.4. The molecule has 0 unspecified atom stereocenters. The summed E-state index contributed by atoms with van der Waals surface area (Å²) in [6, 6.07) is 8.52. The van der Waals surface area contributed by atoms with Gasteiger partial charge in [0.1, 0.15) is 5.82 Å². The summed E-state index contributed by atoms with van der Waals surface area (Å²) in [7, 11) is 0. The lowest BCUT2D eigenvalue weighted by atomic mass is 10.3. The fourth-order valence-corrected chi connectivity index (χ4v) is 1.47. The van der Waals surface area contributed by atoms with Crippen LogP contribution in [0.5, 0.6) is 17.2 Å². The van der Waals surface area contributed by atoms with Crippen LogP contribution in [0.25, 0.3) is 0 Å². The fraction of sp³-hybridized carbons (Fsp3) is 0.0769. The van der Waals surface area contributed by atoms with E-state index in [4.69, 9.17) is 10.5 Å². The van der Waals surface area contributed by atoms with Crippen molar-refractivity contribution < 1.29 is 27.0 Å². The molecule has 20 heavy (non-hydrogen) atoms. The average molecular weight is 287 g/mol. The molecule has 2 aromatic rings. The predicted octanol–water partition coefficient (Wildman–Crippen LogP) is 4.10. The normalized spacial score (nSPS) is 11.2. The Morgan fingerprint density at radius 1 is 0.900 bits per heavy atom. The SMILES string of the molecule is Nc1cc(F)ccc1Oc1ccccc1OC(F)(F)F. The van der Waals surface area contributed by atoms with Crippen LogP contribution in [0, 0.1) is 5.82 Å². The molecule has 2 N–H and O–H groups in total. The maximum atomic E-state index is 12.9. The highest BCUT2D eigenvalue weighted by Gasteiger charge is 2.32. The van der Waals surface area contributed by atoms with E-state index in [0.29, 0.717) is 0 Å². The van der Waals surface area contributed by atoms with Gasteiger partial charge in [0.05, 0.1) is 5.69 Å². The minimum Gasteiger partial charge on any atom is -0.451 e. The number of hydrogen-bond donors (Lipinski definition) is 1. The molecule has 0 aliphatic carbocycles. The Kier molecular flexibility index (Phi) is 3.69. The van der Waals surface area contributed by atoms with Crippen molar-refractivity contribution >= 4 is 5.69 Å². The summed E-state index contributed by atoms with van der Waals surface area (Å²) in [6.45, 7) is 0. The molecular formula is C13H9F4NO2. The molecule has 3 nitrogen and oxygen atoms in total. The number of benzene rings is 2. The summed E-state index contributed by atoms with van der Waals surface area (Å²) in [6.07, 6.45) is -4.84. The van der Waals surface area contributed by atoms with E-state index in [9.17, 15) is 17.6 Å². The highest BCUT2D eigenvalue weighted by Crippen LogP contribution is 2.36. The largest absolute Gasteiger partial charge is 0.573 e. The third-order valence-corrected chi connectivity index (χ3v) is 2.27. The second kappa shape index (κ2) is 5.28. The predicted molar refractivity (Wildman–Crippen MR) is 64.0 cm³/mol. The van der Waals surface area contributed by atoms with Crippen LogP contribution in [0.4, 0.5) is 23.2 Å². The van der Waals surface area contributed by atoms with E-state index in [-0.39, 0.29) is 17.2 Å². The van der Waals surface area contributed by atoms with E-state index in [0.717, 1.165) is 18.2 Å². The fourth-order valence-electron chi connectivity index (χ4n) is 1.47. The maximum absolute atomic E-state index is 12.9. The summed E-state index contributed by atoms with van der Waals surface area (Å²) in [5.74, 6) is -1.23. The van der Waals surface area contributed by atoms with Gasteiger partial charge < -0.3 is 15.2 Å². The van der Waals surface area contributed by atoms with Crippen LogP contribution in [-0.4, -0.2) is 6.36 Å². The molecule has 0 aromatic heterocycles. The first-order valence-corrected chi connectivity index (χ1v) is 5.43. The Labute approximate surface area is 111 Å². The summed E-state index contributed by atoms with van der Waals surface area (Å²) < 4.78 is 58.7. The second-order valence-corrected chi connectivity index (χ2v) is 3.78. The maximum Gasteiger partial charge on any atom is 0.573 e. The van der Waals surface area contributed by atoms with Crippen LogP contribution in [0.3, 0.4) is 0 Å². The first-order valence-electron chi connectivity index (χ1n) is 5.43. The number of hydrogen-bond acceptors (Lipinski definition) is 3. The van der Waals surface area contributed by atoms with Gasteiger partial charge in [0, 0.05) is 6.07 Å². The average Bonchev–Trinajstić information content (AvgIpc) is 2.33. The lowest BCUT2D eigenvalue weighted by Crippen LogP contribution is -2.17. The van der Waals surface area contributed by atoms with Crippen molar-refractivity contribution in [3.63, 3.8) is 0 Å². The molecular weight excluding hydrogens is 278 g/mol. The van der Waals surface area contributed by atoms with Gasteiger partial charge in [-0.3, -0.25) is 0 Å². The van der Waals surface area contributed by atoms with Crippen LogP contribution >= 0.6 is 0 Å². The molecule has 0 aliphatic rings. The summed E-state index contributed by atoms with van der Waals surface area (Å²) in [5, 5.41) is 0. The molecule has 2 rings (SSSR count). The third kappa shape index (κ3) is 3.53. The van der Waals surface area contributed by atoms with Gasteiger partial charge in [-0.2, -0.15) is 0 Å².